The Labute approximate surface area is 109 Å². The third-order valence-electron chi connectivity index (χ3n) is 1.85. The number of hydrogen-bond donors (Lipinski definition) is 1. The van der Waals surface area contributed by atoms with Crippen LogP contribution in [0.2, 0.25) is 0 Å². The van der Waals surface area contributed by atoms with Gasteiger partial charge in [0.1, 0.15) is 0 Å². The van der Waals surface area contributed by atoms with Crippen LogP contribution >= 0.6 is 0 Å². The van der Waals surface area contributed by atoms with E-state index in [1.807, 2.05) is 0 Å². The first-order chi connectivity index (χ1) is 6.95. The number of ether oxygens (including phenoxy) is 1. The van der Waals surface area contributed by atoms with Crippen LogP contribution in [0.1, 0.15) is 39.0 Å². The molecule has 0 aliphatic rings. The van der Waals surface area contributed by atoms with Gasteiger partial charge in [0, 0.05) is 25.3 Å². The van der Waals surface area contributed by atoms with Gasteiger partial charge in [0.05, 0.1) is 12.4 Å². The van der Waals surface area contributed by atoms with E-state index in [2.05, 4.69) is 0 Å². The summed E-state index contributed by atoms with van der Waals surface area (Å²) in [4.78, 5) is 10.7. The van der Waals surface area contributed by atoms with Gasteiger partial charge in [0.25, 0.3) is 10.1 Å². The average Bonchev–Trinajstić information content (AvgIpc) is 2.14. The van der Waals surface area contributed by atoms with Crippen LogP contribution in [0.4, 0.5) is 0 Å². The Balaban J connectivity index is 0. The summed E-state index contributed by atoms with van der Waals surface area (Å²) in [6.07, 6.45) is 3.07. The number of carbonyl (C=O) groups is 1. The average molecular weight is 245 g/mol. The predicted molar refractivity (Wildman–Crippen MR) is 61.9 cm³/mol. The number of carbonyl (C=O) groups excluding carboxylic acids is 1. The summed E-state index contributed by atoms with van der Waals surface area (Å²) in [5, 5.41) is 0. The Morgan fingerprint density at radius 1 is 1.19 bits per heavy atom. The van der Waals surface area contributed by atoms with Crippen molar-refractivity contribution in [2.75, 3.05) is 12.4 Å². The van der Waals surface area contributed by atoms with Crippen LogP contribution in [0.25, 0.3) is 0 Å². The molecule has 1 N–H and O–H groups in total. The van der Waals surface area contributed by atoms with E-state index in [4.69, 9.17) is 9.29 Å². The van der Waals surface area contributed by atoms with Gasteiger partial charge in [-0.3, -0.25) is 9.35 Å². The molecule has 0 saturated carbocycles. The quantitative estimate of drug-likeness (QED) is 0.299. The maximum absolute atomic E-state index is 10.7. The molecule has 0 bridgehead atoms. The van der Waals surface area contributed by atoms with Crippen molar-refractivity contribution in [1.82, 2.24) is 0 Å². The van der Waals surface area contributed by atoms with Gasteiger partial charge in [-0.2, -0.15) is 8.42 Å². The van der Waals surface area contributed by atoms with E-state index in [1.54, 1.807) is 6.92 Å². The molecule has 0 heterocycles. The fourth-order valence-electron chi connectivity index (χ4n) is 1.03. The van der Waals surface area contributed by atoms with Gasteiger partial charge in [-0.25, -0.2) is 0 Å². The van der Waals surface area contributed by atoms with Gasteiger partial charge in [-0.05, 0) is 12.8 Å². The maximum atomic E-state index is 10.7. The van der Waals surface area contributed by atoms with Crippen molar-refractivity contribution in [3.05, 3.63) is 0 Å². The minimum Gasteiger partial charge on any atom is -0.466 e. The predicted octanol–water partition coefficient (Wildman–Crippen LogP) is 1.01. The number of rotatable bonds is 8. The molecular weight excluding hydrogens is 227 g/mol. The molecule has 0 aliphatic heterocycles. The SMILES string of the molecule is CCC(=O)OCCCCCCS(=O)(=O)O.[Li]. The van der Waals surface area contributed by atoms with Crippen molar-refractivity contribution in [2.45, 2.75) is 39.0 Å². The summed E-state index contributed by atoms with van der Waals surface area (Å²) in [7, 11) is -3.82. The van der Waals surface area contributed by atoms with Crippen LogP contribution in [0.3, 0.4) is 0 Å². The maximum Gasteiger partial charge on any atom is 0.305 e. The van der Waals surface area contributed by atoms with Crippen LogP contribution in [-0.4, -0.2) is 50.2 Å². The summed E-state index contributed by atoms with van der Waals surface area (Å²) in [5.41, 5.74) is 0. The van der Waals surface area contributed by atoms with Crippen LogP contribution in [0.5, 0.6) is 0 Å². The second kappa shape index (κ2) is 10.2. The van der Waals surface area contributed by atoms with Crippen molar-refractivity contribution in [3.63, 3.8) is 0 Å². The van der Waals surface area contributed by atoms with E-state index in [0.29, 0.717) is 25.9 Å². The molecule has 5 nitrogen and oxygen atoms in total. The normalized spacial score (nSPS) is 10.6. The summed E-state index contributed by atoms with van der Waals surface area (Å²) >= 11 is 0. The molecule has 0 unspecified atom stereocenters. The van der Waals surface area contributed by atoms with Gasteiger partial charge in [-0.15, -0.1) is 0 Å². The van der Waals surface area contributed by atoms with Crippen molar-refractivity contribution in [2.24, 2.45) is 0 Å². The Kier molecular flexibility index (Phi) is 11.6. The molecule has 1 radical (unpaired) electrons. The van der Waals surface area contributed by atoms with Crippen molar-refractivity contribution < 1.29 is 22.5 Å². The van der Waals surface area contributed by atoms with Crippen LogP contribution < -0.4 is 0 Å². The third-order valence-corrected chi connectivity index (χ3v) is 2.65. The first-order valence-corrected chi connectivity index (χ1v) is 6.67. The molecule has 91 valence electrons. The molecule has 0 aromatic heterocycles. The van der Waals surface area contributed by atoms with Gasteiger partial charge < -0.3 is 4.74 Å². The molecular formula is C9H18LiO5S. The Hall–Kier alpha value is -0.0226. The van der Waals surface area contributed by atoms with E-state index in [-0.39, 0.29) is 30.6 Å². The fraction of sp³-hybridized carbons (Fsp3) is 0.889. The summed E-state index contributed by atoms with van der Waals surface area (Å²) in [6, 6.07) is 0. The molecule has 0 rings (SSSR count). The molecule has 0 amide bonds. The first-order valence-electron chi connectivity index (χ1n) is 5.06. The second-order valence-electron chi connectivity index (χ2n) is 3.27. The zero-order valence-electron chi connectivity index (χ0n) is 9.94. The number of unbranched alkanes of at least 4 members (excludes halogenated alkanes) is 3. The zero-order valence-corrected chi connectivity index (χ0v) is 10.8. The van der Waals surface area contributed by atoms with E-state index in [0.717, 1.165) is 12.8 Å². The van der Waals surface area contributed by atoms with Crippen LogP contribution in [0, 0.1) is 0 Å². The molecule has 0 atom stereocenters. The van der Waals surface area contributed by atoms with Crippen LogP contribution in [-0.2, 0) is 19.6 Å². The molecule has 0 aromatic rings. The summed E-state index contributed by atoms with van der Waals surface area (Å²) in [6.45, 7) is 2.12. The summed E-state index contributed by atoms with van der Waals surface area (Å²) in [5.74, 6) is -0.408. The molecule has 0 fully saturated rings. The van der Waals surface area contributed by atoms with Crippen molar-refractivity contribution >= 4 is 34.9 Å². The largest absolute Gasteiger partial charge is 0.466 e. The minimum absolute atomic E-state index is 0. The molecule has 7 heteroatoms. The smallest absolute Gasteiger partial charge is 0.305 e. The molecule has 0 saturated heterocycles. The monoisotopic (exact) mass is 245 g/mol. The third kappa shape index (κ3) is 14.0. The zero-order chi connectivity index (χ0) is 11.7. The van der Waals surface area contributed by atoms with Gasteiger partial charge in [0.15, 0.2) is 0 Å². The van der Waals surface area contributed by atoms with E-state index in [1.165, 1.54) is 0 Å². The number of hydrogen-bond acceptors (Lipinski definition) is 4. The topological polar surface area (TPSA) is 80.7 Å². The second-order valence-corrected chi connectivity index (χ2v) is 4.85. The van der Waals surface area contributed by atoms with E-state index < -0.39 is 10.1 Å². The van der Waals surface area contributed by atoms with Gasteiger partial charge >= 0.3 is 5.97 Å². The molecule has 0 aromatic carbocycles. The minimum atomic E-state index is -3.82. The molecule has 0 aliphatic carbocycles. The fourth-order valence-corrected chi connectivity index (χ4v) is 1.60. The Bertz CT molecular complexity index is 276. The van der Waals surface area contributed by atoms with Gasteiger partial charge in [0.2, 0.25) is 0 Å². The number of esters is 1. The molecule has 16 heavy (non-hydrogen) atoms. The standard InChI is InChI=1S/C9H18O5S.Li/c1-2-9(10)14-7-5-3-4-6-8-15(11,12)13;/h2-8H2,1H3,(H,11,12,13);. The molecule has 0 spiro atoms. The van der Waals surface area contributed by atoms with E-state index >= 15 is 0 Å². The van der Waals surface area contributed by atoms with Crippen molar-refractivity contribution in [3.8, 4) is 0 Å². The van der Waals surface area contributed by atoms with Crippen LogP contribution in [0.15, 0.2) is 0 Å². The van der Waals surface area contributed by atoms with E-state index in [9.17, 15) is 13.2 Å². The van der Waals surface area contributed by atoms with Crippen molar-refractivity contribution in [1.29, 1.82) is 0 Å². The first kappa shape index (κ1) is 18.3. The Morgan fingerprint density at radius 2 is 1.75 bits per heavy atom. The summed E-state index contributed by atoms with van der Waals surface area (Å²) < 4.78 is 33.9. The van der Waals surface area contributed by atoms with Gasteiger partial charge in [-0.1, -0.05) is 19.8 Å². The Morgan fingerprint density at radius 3 is 2.25 bits per heavy atom.